The average Bonchev–Trinajstić information content (AvgIpc) is 3.61. The Bertz CT molecular complexity index is 1130. The molecule has 0 aromatic heterocycles. The first kappa shape index (κ1) is 23.4. The van der Waals surface area contributed by atoms with Gasteiger partial charge in [0.05, 0.1) is 19.6 Å². The number of benzene rings is 2. The number of hydrogen-bond donors (Lipinski definition) is 2. The van der Waals surface area contributed by atoms with Crippen LogP contribution in [0.3, 0.4) is 0 Å². The minimum atomic E-state index is -1.06. The van der Waals surface area contributed by atoms with Crippen molar-refractivity contribution in [3.8, 4) is 0 Å². The first-order valence-corrected chi connectivity index (χ1v) is 12.2. The first-order valence-electron chi connectivity index (χ1n) is 12.2. The lowest BCUT2D eigenvalue weighted by molar-refractivity contribution is -0.134. The van der Waals surface area contributed by atoms with Crippen molar-refractivity contribution >= 4 is 23.5 Å². The average molecular weight is 478 g/mol. The van der Waals surface area contributed by atoms with E-state index in [9.17, 15) is 14.4 Å². The summed E-state index contributed by atoms with van der Waals surface area (Å²) in [6.45, 7) is 3.02. The van der Waals surface area contributed by atoms with Gasteiger partial charge >= 0.3 is 6.09 Å². The monoisotopic (exact) mass is 477 g/mol. The van der Waals surface area contributed by atoms with Crippen LogP contribution < -0.4 is 5.32 Å². The number of anilines is 1. The lowest BCUT2D eigenvalue weighted by atomic mass is 9.95. The van der Waals surface area contributed by atoms with Crippen LogP contribution in [0.5, 0.6) is 0 Å². The fraction of sp³-hybridized carbons (Fsp3) is 0.444. The van der Waals surface area contributed by atoms with Gasteiger partial charge in [0.1, 0.15) is 6.54 Å². The minimum Gasteiger partial charge on any atom is -0.435 e. The van der Waals surface area contributed by atoms with Crippen molar-refractivity contribution in [1.82, 2.24) is 9.80 Å². The molecule has 1 heterocycles. The number of hydrogen-bond acceptors (Lipinski definition) is 6. The molecule has 2 atom stereocenters. The van der Waals surface area contributed by atoms with Crippen LogP contribution in [0.2, 0.25) is 0 Å². The number of fused-ring (bicyclic) bond motifs is 2. The molecule has 8 heteroatoms. The SMILES string of the molecule is CC(C1CC1)N(Cc1ccccc1)C(=O)CN1CC2(CC(=O)c3cc(NCCO)ccc32)OC1=O. The standard InChI is InChI=1S/C27H31N3O5/c1-18(20-7-8-20)30(15-19-5-3-2-4-6-19)25(33)16-29-17-27(35-26(29)34)14-24(32)22-13-21(28-11-12-31)9-10-23(22)27/h2-6,9-10,13,18,20,28,31H,7-8,11-12,14-17H2,1H3. The molecule has 2 aliphatic carbocycles. The van der Waals surface area contributed by atoms with Crippen molar-refractivity contribution in [1.29, 1.82) is 0 Å². The summed E-state index contributed by atoms with van der Waals surface area (Å²) in [6.07, 6.45) is 1.72. The topological polar surface area (TPSA) is 99.2 Å². The second-order valence-electron chi connectivity index (χ2n) is 9.81. The number of nitrogens with one attached hydrogen (secondary N) is 1. The number of Topliss-reactive ketones (excluding diaryl/α,β-unsaturated/α-hetero) is 1. The lowest BCUT2D eigenvalue weighted by Crippen LogP contribution is -2.45. The molecule has 2 aromatic carbocycles. The van der Waals surface area contributed by atoms with Gasteiger partial charge in [-0.3, -0.25) is 14.5 Å². The zero-order valence-electron chi connectivity index (χ0n) is 19.9. The maximum Gasteiger partial charge on any atom is 0.411 e. The quantitative estimate of drug-likeness (QED) is 0.576. The van der Waals surface area contributed by atoms with Gasteiger partial charge < -0.3 is 20.1 Å². The molecule has 2 unspecified atom stereocenters. The van der Waals surface area contributed by atoms with E-state index in [2.05, 4.69) is 12.2 Å². The van der Waals surface area contributed by atoms with E-state index >= 15 is 0 Å². The van der Waals surface area contributed by atoms with E-state index in [1.807, 2.05) is 41.3 Å². The van der Waals surface area contributed by atoms with Crippen molar-refractivity contribution < 1.29 is 24.2 Å². The van der Waals surface area contributed by atoms with E-state index in [1.165, 1.54) is 4.90 Å². The number of rotatable bonds is 9. The predicted octanol–water partition coefficient (Wildman–Crippen LogP) is 3.15. The molecule has 2 N–H and O–H groups in total. The van der Waals surface area contributed by atoms with Gasteiger partial charge in [-0.25, -0.2) is 4.79 Å². The molecule has 8 nitrogen and oxygen atoms in total. The number of amides is 2. The molecule has 1 aliphatic heterocycles. The van der Waals surface area contributed by atoms with Crippen LogP contribution in [0.1, 0.15) is 47.7 Å². The fourth-order valence-electron chi connectivity index (χ4n) is 5.25. The van der Waals surface area contributed by atoms with Gasteiger partial charge in [-0.15, -0.1) is 0 Å². The Morgan fingerprint density at radius 3 is 2.71 bits per heavy atom. The third-order valence-electron chi connectivity index (χ3n) is 7.32. The van der Waals surface area contributed by atoms with E-state index in [1.54, 1.807) is 12.1 Å². The predicted molar refractivity (Wildman–Crippen MR) is 130 cm³/mol. The minimum absolute atomic E-state index is 0.0176. The largest absolute Gasteiger partial charge is 0.435 e. The molecule has 184 valence electrons. The summed E-state index contributed by atoms with van der Waals surface area (Å²) >= 11 is 0. The molecule has 1 saturated heterocycles. The van der Waals surface area contributed by atoms with Crippen LogP contribution in [0.25, 0.3) is 0 Å². The molecule has 1 spiro atoms. The number of nitrogens with zero attached hydrogens (tertiary/aromatic N) is 2. The summed E-state index contributed by atoms with van der Waals surface area (Å²) in [5.74, 6) is 0.282. The smallest absolute Gasteiger partial charge is 0.411 e. The van der Waals surface area contributed by atoms with Gasteiger partial charge in [-0.2, -0.15) is 0 Å². The van der Waals surface area contributed by atoms with Gasteiger partial charge in [0, 0.05) is 35.9 Å². The lowest BCUT2D eigenvalue weighted by Gasteiger charge is -2.31. The molecular formula is C27H31N3O5. The Balaban J connectivity index is 1.32. The number of carbonyl (C=O) groups is 3. The molecule has 2 amide bonds. The highest BCUT2D eigenvalue weighted by atomic mass is 16.6. The van der Waals surface area contributed by atoms with E-state index in [4.69, 9.17) is 9.84 Å². The van der Waals surface area contributed by atoms with E-state index in [-0.39, 0.29) is 43.8 Å². The van der Waals surface area contributed by atoms with Gasteiger partial charge in [-0.05, 0) is 43.4 Å². The van der Waals surface area contributed by atoms with Gasteiger partial charge in [-0.1, -0.05) is 36.4 Å². The van der Waals surface area contributed by atoms with Crippen molar-refractivity contribution in [3.05, 3.63) is 65.2 Å². The third-order valence-corrected chi connectivity index (χ3v) is 7.32. The molecule has 5 rings (SSSR count). The molecule has 2 fully saturated rings. The normalized spacial score (nSPS) is 21.7. The molecule has 2 aromatic rings. The summed E-state index contributed by atoms with van der Waals surface area (Å²) in [5.41, 5.74) is 1.90. The Morgan fingerprint density at radius 2 is 2.00 bits per heavy atom. The summed E-state index contributed by atoms with van der Waals surface area (Å²) in [4.78, 5) is 42.4. The van der Waals surface area contributed by atoms with Crippen molar-refractivity contribution in [2.45, 2.75) is 44.4 Å². The second-order valence-corrected chi connectivity index (χ2v) is 9.81. The molecular weight excluding hydrogens is 446 g/mol. The summed E-state index contributed by atoms with van der Waals surface area (Å²) in [5, 5.41) is 12.1. The van der Waals surface area contributed by atoms with Crippen LogP contribution in [0.15, 0.2) is 48.5 Å². The molecule has 0 radical (unpaired) electrons. The number of aliphatic hydroxyl groups is 1. The van der Waals surface area contributed by atoms with Crippen LogP contribution in [-0.4, -0.2) is 65.0 Å². The summed E-state index contributed by atoms with van der Waals surface area (Å²) in [6, 6.07) is 15.3. The fourth-order valence-corrected chi connectivity index (χ4v) is 5.25. The number of aliphatic hydroxyl groups excluding tert-OH is 1. The van der Waals surface area contributed by atoms with Gasteiger partial charge in [0.15, 0.2) is 11.4 Å². The molecule has 35 heavy (non-hydrogen) atoms. The van der Waals surface area contributed by atoms with Crippen LogP contribution in [0.4, 0.5) is 10.5 Å². The maximum absolute atomic E-state index is 13.5. The second kappa shape index (κ2) is 9.34. The Kier molecular flexibility index (Phi) is 6.23. The van der Waals surface area contributed by atoms with E-state index in [0.29, 0.717) is 30.1 Å². The number of ketones is 1. The van der Waals surface area contributed by atoms with Crippen LogP contribution in [0, 0.1) is 5.92 Å². The Labute approximate surface area is 204 Å². The van der Waals surface area contributed by atoms with Crippen LogP contribution >= 0.6 is 0 Å². The van der Waals surface area contributed by atoms with Crippen molar-refractivity contribution in [2.75, 3.05) is 31.6 Å². The number of carbonyl (C=O) groups excluding carboxylic acids is 3. The summed E-state index contributed by atoms with van der Waals surface area (Å²) < 4.78 is 5.79. The van der Waals surface area contributed by atoms with Gasteiger partial charge in [0.2, 0.25) is 5.91 Å². The zero-order chi connectivity index (χ0) is 24.6. The first-order chi connectivity index (χ1) is 16.9. The van der Waals surface area contributed by atoms with Crippen molar-refractivity contribution in [3.63, 3.8) is 0 Å². The highest BCUT2D eigenvalue weighted by Gasteiger charge is 2.54. The highest BCUT2D eigenvalue weighted by molar-refractivity contribution is 6.03. The van der Waals surface area contributed by atoms with E-state index < -0.39 is 11.7 Å². The molecule has 0 bridgehead atoms. The molecule has 1 saturated carbocycles. The maximum atomic E-state index is 13.5. The van der Waals surface area contributed by atoms with E-state index in [0.717, 1.165) is 24.1 Å². The number of ether oxygens (including phenoxy) is 1. The zero-order valence-corrected chi connectivity index (χ0v) is 19.9. The Morgan fingerprint density at radius 1 is 1.23 bits per heavy atom. The third kappa shape index (κ3) is 4.62. The van der Waals surface area contributed by atoms with Gasteiger partial charge in [0.25, 0.3) is 0 Å². The summed E-state index contributed by atoms with van der Waals surface area (Å²) in [7, 11) is 0. The van der Waals surface area contributed by atoms with Crippen LogP contribution in [-0.2, 0) is 21.7 Å². The molecule has 3 aliphatic rings. The van der Waals surface area contributed by atoms with Crippen molar-refractivity contribution in [2.24, 2.45) is 5.92 Å². The highest BCUT2D eigenvalue weighted by Crippen LogP contribution is 2.45. The Hall–Kier alpha value is -3.39.